The predicted molar refractivity (Wildman–Crippen MR) is 89.0 cm³/mol. The van der Waals surface area contributed by atoms with Crippen molar-refractivity contribution in [1.82, 2.24) is 10.2 Å². The number of nitrogens with one attached hydrogen (secondary N) is 1. The summed E-state index contributed by atoms with van der Waals surface area (Å²) in [6, 6.07) is 1.42. The van der Waals surface area contributed by atoms with Crippen LogP contribution < -0.4 is 5.32 Å². The van der Waals surface area contributed by atoms with E-state index in [1.165, 1.54) is 31.4 Å². The summed E-state index contributed by atoms with van der Waals surface area (Å²) in [5.74, 6) is 0. The lowest BCUT2D eigenvalue weighted by Crippen LogP contribution is -2.47. The van der Waals surface area contributed by atoms with Crippen LogP contribution in [0.25, 0.3) is 0 Å². The highest BCUT2D eigenvalue weighted by Crippen LogP contribution is 2.24. The van der Waals surface area contributed by atoms with E-state index in [0.29, 0.717) is 6.04 Å². The van der Waals surface area contributed by atoms with Crippen LogP contribution in [0.2, 0.25) is 0 Å². The molecule has 0 unspecified atom stereocenters. The van der Waals surface area contributed by atoms with Gasteiger partial charge in [0.15, 0.2) is 0 Å². The Labute approximate surface area is 129 Å². The van der Waals surface area contributed by atoms with E-state index in [1.54, 1.807) is 0 Å². The molecule has 1 aliphatic carbocycles. The number of allylic oxidation sites excluding steroid dienone is 2. The Bertz CT molecular complexity index is 340. The molecule has 0 aromatic rings. The molecule has 2 rings (SSSR count). The van der Waals surface area contributed by atoms with Crippen LogP contribution in [0.3, 0.4) is 0 Å². The quantitative estimate of drug-likeness (QED) is 0.765. The van der Waals surface area contributed by atoms with Crippen LogP contribution in [-0.2, 0) is 4.74 Å². The molecule has 4 heteroatoms. The number of hydrogen-bond acceptors (Lipinski definition) is 4. The molecule has 1 N–H and O–H groups in total. The summed E-state index contributed by atoms with van der Waals surface area (Å²) in [5, 5.41) is 3.71. The van der Waals surface area contributed by atoms with Crippen molar-refractivity contribution in [3.63, 3.8) is 0 Å². The first kappa shape index (κ1) is 16.5. The fraction of sp³-hybridized carbons (Fsp3) is 0.824. The van der Waals surface area contributed by atoms with Crippen LogP contribution in [0.15, 0.2) is 16.8 Å². The van der Waals surface area contributed by atoms with E-state index in [9.17, 15) is 0 Å². The summed E-state index contributed by atoms with van der Waals surface area (Å²) < 4.78 is 5.45. The number of aliphatic imine (C=N–C) groups is 1. The van der Waals surface area contributed by atoms with Crippen LogP contribution in [0.4, 0.5) is 0 Å². The lowest BCUT2D eigenvalue weighted by atomic mass is 9.89. The van der Waals surface area contributed by atoms with Gasteiger partial charge in [0, 0.05) is 43.6 Å². The van der Waals surface area contributed by atoms with Gasteiger partial charge in [-0.3, -0.25) is 9.89 Å². The standard InChI is InChI=1S/C17H31N3O/c1-3-15(9-10-18-4-2)19-16-5-7-17(8-6-16)20-11-13-21-14-12-20/h9-10,16-17,19H,3-8,11-14H2,1-2H3/b15-9+,18-10?. The van der Waals surface area contributed by atoms with Gasteiger partial charge < -0.3 is 10.1 Å². The third-order valence-electron chi connectivity index (χ3n) is 4.59. The van der Waals surface area contributed by atoms with Crippen molar-refractivity contribution in [3.8, 4) is 0 Å². The third kappa shape index (κ3) is 5.44. The van der Waals surface area contributed by atoms with Crippen molar-refractivity contribution in [3.05, 3.63) is 11.8 Å². The van der Waals surface area contributed by atoms with Crippen molar-refractivity contribution in [1.29, 1.82) is 0 Å². The molecule has 0 aromatic heterocycles. The van der Waals surface area contributed by atoms with Crippen molar-refractivity contribution in [2.24, 2.45) is 4.99 Å². The minimum atomic E-state index is 0.642. The zero-order valence-corrected chi connectivity index (χ0v) is 13.7. The van der Waals surface area contributed by atoms with E-state index in [4.69, 9.17) is 4.74 Å². The molecule has 0 radical (unpaired) electrons. The van der Waals surface area contributed by atoms with Gasteiger partial charge >= 0.3 is 0 Å². The van der Waals surface area contributed by atoms with Crippen LogP contribution >= 0.6 is 0 Å². The highest BCUT2D eigenvalue weighted by molar-refractivity contribution is 5.71. The lowest BCUT2D eigenvalue weighted by molar-refractivity contribution is 0.00680. The molecular formula is C17H31N3O. The summed E-state index contributed by atoms with van der Waals surface area (Å²) in [7, 11) is 0. The van der Waals surface area contributed by atoms with Gasteiger partial charge in [0.1, 0.15) is 0 Å². The molecule has 0 amide bonds. The Morgan fingerprint density at radius 2 is 1.90 bits per heavy atom. The van der Waals surface area contributed by atoms with E-state index in [1.807, 2.05) is 6.21 Å². The van der Waals surface area contributed by atoms with Gasteiger partial charge in [-0.05, 0) is 45.1 Å². The average Bonchev–Trinajstić information content (AvgIpc) is 2.55. The van der Waals surface area contributed by atoms with Gasteiger partial charge in [-0.15, -0.1) is 0 Å². The Balaban J connectivity index is 1.75. The number of morpholine rings is 1. The van der Waals surface area contributed by atoms with Crippen molar-refractivity contribution < 1.29 is 4.74 Å². The molecule has 0 aromatic carbocycles. The van der Waals surface area contributed by atoms with Gasteiger partial charge in [0.2, 0.25) is 0 Å². The first-order valence-corrected chi connectivity index (χ1v) is 8.60. The summed E-state index contributed by atoms with van der Waals surface area (Å²) >= 11 is 0. The smallest absolute Gasteiger partial charge is 0.0594 e. The SMILES string of the molecule is CCN=C/C=C(\CC)NC1CCC(N2CCOCC2)CC1. The van der Waals surface area contributed by atoms with Crippen LogP contribution in [0.5, 0.6) is 0 Å². The number of rotatable bonds is 6. The molecule has 2 fully saturated rings. The first-order valence-electron chi connectivity index (χ1n) is 8.60. The Kier molecular flexibility index (Phi) is 7.24. The molecule has 21 heavy (non-hydrogen) atoms. The molecule has 4 nitrogen and oxygen atoms in total. The van der Waals surface area contributed by atoms with E-state index in [2.05, 4.69) is 35.1 Å². The van der Waals surface area contributed by atoms with E-state index >= 15 is 0 Å². The molecule has 120 valence electrons. The Hall–Kier alpha value is -0.870. The van der Waals surface area contributed by atoms with Crippen LogP contribution in [0.1, 0.15) is 46.0 Å². The van der Waals surface area contributed by atoms with Gasteiger partial charge in [0.05, 0.1) is 13.2 Å². The maximum Gasteiger partial charge on any atom is 0.0594 e. The number of nitrogens with zero attached hydrogens (tertiary/aromatic N) is 2. The minimum Gasteiger partial charge on any atom is -0.386 e. The second-order valence-corrected chi connectivity index (χ2v) is 5.99. The fourth-order valence-corrected chi connectivity index (χ4v) is 3.31. The average molecular weight is 293 g/mol. The van der Waals surface area contributed by atoms with Crippen LogP contribution in [-0.4, -0.2) is 56.0 Å². The molecule has 0 atom stereocenters. The Morgan fingerprint density at radius 1 is 1.19 bits per heavy atom. The number of hydrogen-bond donors (Lipinski definition) is 1. The van der Waals surface area contributed by atoms with Gasteiger partial charge in [-0.1, -0.05) is 6.92 Å². The second-order valence-electron chi connectivity index (χ2n) is 5.99. The highest BCUT2D eigenvalue weighted by atomic mass is 16.5. The molecule has 1 heterocycles. The predicted octanol–water partition coefficient (Wildman–Crippen LogP) is 2.60. The normalized spacial score (nSPS) is 29.0. The second kappa shape index (κ2) is 9.21. The van der Waals surface area contributed by atoms with Crippen LogP contribution in [0, 0.1) is 0 Å². The molecule has 0 spiro atoms. The first-order chi connectivity index (χ1) is 10.3. The van der Waals surface area contributed by atoms with Crippen molar-refractivity contribution in [2.45, 2.75) is 58.0 Å². The maximum absolute atomic E-state index is 5.45. The molecule has 0 bridgehead atoms. The zero-order valence-electron chi connectivity index (χ0n) is 13.7. The fourth-order valence-electron chi connectivity index (χ4n) is 3.31. The third-order valence-corrected chi connectivity index (χ3v) is 4.59. The topological polar surface area (TPSA) is 36.9 Å². The molecule has 1 aliphatic heterocycles. The van der Waals surface area contributed by atoms with E-state index < -0.39 is 0 Å². The maximum atomic E-state index is 5.45. The van der Waals surface area contributed by atoms with E-state index in [0.717, 1.165) is 45.3 Å². The summed E-state index contributed by atoms with van der Waals surface area (Å²) in [5.41, 5.74) is 1.32. The highest BCUT2D eigenvalue weighted by Gasteiger charge is 2.26. The molecule has 1 saturated heterocycles. The number of ether oxygens (including phenoxy) is 1. The van der Waals surface area contributed by atoms with Gasteiger partial charge in [0.25, 0.3) is 0 Å². The summed E-state index contributed by atoms with van der Waals surface area (Å²) in [6.45, 7) is 9.20. The van der Waals surface area contributed by atoms with Crippen molar-refractivity contribution >= 4 is 6.21 Å². The van der Waals surface area contributed by atoms with Gasteiger partial charge in [-0.2, -0.15) is 0 Å². The summed E-state index contributed by atoms with van der Waals surface area (Å²) in [6.07, 6.45) is 10.3. The molecular weight excluding hydrogens is 262 g/mol. The van der Waals surface area contributed by atoms with E-state index in [-0.39, 0.29) is 0 Å². The molecule has 2 aliphatic rings. The lowest BCUT2D eigenvalue weighted by Gasteiger charge is -2.39. The Morgan fingerprint density at radius 3 is 2.52 bits per heavy atom. The largest absolute Gasteiger partial charge is 0.386 e. The van der Waals surface area contributed by atoms with Crippen molar-refractivity contribution in [2.75, 3.05) is 32.8 Å². The minimum absolute atomic E-state index is 0.642. The van der Waals surface area contributed by atoms with Gasteiger partial charge in [-0.25, -0.2) is 0 Å². The monoisotopic (exact) mass is 293 g/mol. The summed E-state index contributed by atoms with van der Waals surface area (Å²) in [4.78, 5) is 6.90. The molecule has 1 saturated carbocycles. The zero-order chi connectivity index (χ0) is 14.9.